The van der Waals surface area contributed by atoms with Gasteiger partial charge in [0, 0.05) is 19.3 Å². The van der Waals surface area contributed by atoms with Gasteiger partial charge >= 0.3 is 0 Å². The van der Waals surface area contributed by atoms with E-state index in [4.69, 9.17) is 17.3 Å². The van der Waals surface area contributed by atoms with Gasteiger partial charge in [0.15, 0.2) is 5.82 Å². The molecule has 0 fully saturated rings. The van der Waals surface area contributed by atoms with Crippen LogP contribution in [0.1, 0.15) is 6.92 Å². The lowest BCUT2D eigenvalue weighted by Crippen LogP contribution is -2.38. The van der Waals surface area contributed by atoms with E-state index in [-0.39, 0.29) is 5.69 Å². The number of halogens is 2. The highest BCUT2D eigenvalue weighted by molar-refractivity contribution is 7.89. The summed E-state index contributed by atoms with van der Waals surface area (Å²) in [5.74, 6) is -1.59. The number of amides is 1. The van der Waals surface area contributed by atoms with E-state index in [2.05, 4.69) is 5.32 Å². The molecule has 0 unspecified atom stereocenters. The first-order valence-corrected chi connectivity index (χ1v) is 7.49. The second kappa shape index (κ2) is 6.38. The Bertz CT molecular complexity index is 622. The lowest BCUT2D eigenvalue weighted by atomic mass is 10.3. The second-order valence-electron chi connectivity index (χ2n) is 4.03. The molecule has 0 heterocycles. The number of likely N-dealkylation sites (N-methyl/N-ethyl adjacent to an activating group) is 2. The first kappa shape index (κ1) is 16.7. The van der Waals surface area contributed by atoms with Crippen molar-refractivity contribution in [2.75, 3.05) is 25.9 Å². The molecule has 0 bridgehead atoms. The van der Waals surface area contributed by atoms with Crippen molar-refractivity contribution >= 4 is 33.2 Å². The van der Waals surface area contributed by atoms with Gasteiger partial charge in [-0.05, 0) is 19.1 Å². The average molecular weight is 324 g/mol. The predicted octanol–water partition coefficient (Wildman–Crippen LogP) is 0.818. The molecule has 0 spiro atoms. The van der Waals surface area contributed by atoms with Crippen LogP contribution >= 0.6 is 11.6 Å². The summed E-state index contributed by atoms with van der Waals surface area (Å²) in [5, 5.41) is 2.05. The van der Waals surface area contributed by atoms with Gasteiger partial charge in [0.1, 0.15) is 4.90 Å². The summed E-state index contributed by atoms with van der Waals surface area (Å²) in [6.45, 7) is 1.64. The van der Waals surface area contributed by atoms with Crippen molar-refractivity contribution in [3.63, 3.8) is 0 Å². The SMILES string of the molecule is CCNC(=O)CN(C)S(=O)(=O)c1cc(N)cc(Cl)c1F. The smallest absolute Gasteiger partial charge is 0.246 e. The van der Waals surface area contributed by atoms with Crippen LogP contribution in [0.25, 0.3) is 0 Å². The zero-order chi connectivity index (χ0) is 15.5. The van der Waals surface area contributed by atoms with E-state index < -0.39 is 38.2 Å². The number of anilines is 1. The molecular formula is C11H15ClFN3O3S. The Balaban J connectivity index is 3.14. The maximum atomic E-state index is 13.8. The molecule has 0 aliphatic carbocycles. The minimum absolute atomic E-state index is 0.0152. The molecule has 0 atom stereocenters. The highest BCUT2D eigenvalue weighted by atomic mass is 35.5. The summed E-state index contributed by atoms with van der Waals surface area (Å²) in [6, 6.07) is 2.07. The van der Waals surface area contributed by atoms with Crippen LogP contribution in [-0.4, -0.2) is 38.8 Å². The van der Waals surface area contributed by atoms with Crippen LogP contribution in [0.15, 0.2) is 17.0 Å². The van der Waals surface area contributed by atoms with E-state index in [1.807, 2.05) is 0 Å². The quantitative estimate of drug-likeness (QED) is 0.785. The minimum atomic E-state index is -4.19. The molecule has 9 heteroatoms. The van der Waals surface area contributed by atoms with E-state index in [0.29, 0.717) is 6.54 Å². The molecule has 1 amide bonds. The van der Waals surface area contributed by atoms with Crippen LogP contribution in [0.3, 0.4) is 0 Å². The summed E-state index contributed by atoms with van der Waals surface area (Å²) in [4.78, 5) is 10.7. The zero-order valence-electron chi connectivity index (χ0n) is 11.0. The van der Waals surface area contributed by atoms with Gasteiger partial charge in [0.2, 0.25) is 15.9 Å². The first-order chi connectivity index (χ1) is 9.20. The number of hydrogen-bond donors (Lipinski definition) is 2. The highest BCUT2D eigenvalue weighted by Gasteiger charge is 2.27. The topological polar surface area (TPSA) is 92.5 Å². The van der Waals surface area contributed by atoms with Gasteiger partial charge < -0.3 is 11.1 Å². The lowest BCUT2D eigenvalue weighted by molar-refractivity contribution is -0.121. The number of sulfonamides is 1. The highest BCUT2D eigenvalue weighted by Crippen LogP contribution is 2.27. The molecule has 20 heavy (non-hydrogen) atoms. The molecule has 1 aromatic carbocycles. The Morgan fingerprint density at radius 1 is 1.50 bits per heavy atom. The maximum absolute atomic E-state index is 13.8. The van der Waals surface area contributed by atoms with E-state index in [0.717, 1.165) is 16.4 Å². The fourth-order valence-electron chi connectivity index (χ4n) is 1.48. The standard InChI is InChI=1S/C11H15ClFN3O3S/c1-3-15-10(17)6-16(2)20(18,19)9-5-7(14)4-8(12)11(9)13/h4-5H,3,6,14H2,1-2H3,(H,15,17). The van der Waals surface area contributed by atoms with Crippen LogP contribution in [-0.2, 0) is 14.8 Å². The number of carbonyl (C=O) groups excluding carboxylic acids is 1. The van der Waals surface area contributed by atoms with Crippen LogP contribution in [0, 0.1) is 5.82 Å². The third-order valence-electron chi connectivity index (χ3n) is 2.45. The van der Waals surface area contributed by atoms with Gasteiger partial charge in [-0.25, -0.2) is 12.8 Å². The van der Waals surface area contributed by atoms with Crippen molar-refractivity contribution in [3.05, 3.63) is 23.0 Å². The molecular weight excluding hydrogens is 309 g/mol. The van der Waals surface area contributed by atoms with E-state index >= 15 is 0 Å². The van der Waals surface area contributed by atoms with Gasteiger partial charge in [-0.2, -0.15) is 4.31 Å². The number of nitrogens with zero attached hydrogens (tertiary/aromatic N) is 1. The van der Waals surface area contributed by atoms with Crippen LogP contribution < -0.4 is 11.1 Å². The Hall–Kier alpha value is -1.38. The van der Waals surface area contributed by atoms with Crippen molar-refractivity contribution in [2.24, 2.45) is 0 Å². The molecule has 0 radical (unpaired) electrons. The fourth-order valence-corrected chi connectivity index (χ4v) is 3.01. The van der Waals surface area contributed by atoms with E-state index in [1.165, 1.54) is 7.05 Å². The molecule has 0 aliphatic heterocycles. The Morgan fingerprint density at radius 3 is 2.65 bits per heavy atom. The molecule has 0 aliphatic rings. The number of carbonyl (C=O) groups is 1. The summed E-state index contributed by atoms with van der Waals surface area (Å²) >= 11 is 5.57. The largest absolute Gasteiger partial charge is 0.399 e. The lowest BCUT2D eigenvalue weighted by Gasteiger charge is -2.17. The minimum Gasteiger partial charge on any atom is -0.399 e. The number of rotatable bonds is 5. The second-order valence-corrected chi connectivity index (χ2v) is 6.45. The Labute approximate surface area is 121 Å². The third-order valence-corrected chi connectivity index (χ3v) is 4.52. The summed E-state index contributed by atoms with van der Waals surface area (Å²) in [7, 11) is -3.03. The van der Waals surface area contributed by atoms with Crippen molar-refractivity contribution < 1.29 is 17.6 Å². The van der Waals surface area contributed by atoms with Crippen LogP contribution in [0.5, 0.6) is 0 Å². The van der Waals surface area contributed by atoms with Gasteiger partial charge in [-0.3, -0.25) is 4.79 Å². The fraction of sp³-hybridized carbons (Fsp3) is 0.364. The number of nitrogen functional groups attached to an aromatic ring is 1. The molecule has 112 valence electrons. The van der Waals surface area contributed by atoms with Gasteiger partial charge in [0.05, 0.1) is 11.6 Å². The number of nitrogens with two attached hydrogens (primary N) is 1. The van der Waals surface area contributed by atoms with Gasteiger partial charge in [-0.1, -0.05) is 11.6 Å². The van der Waals surface area contributed by atoms with E-state index in [1.54, 1.807) is 6.92 Å². The molecule has 1 rings (SSSR count). The van der Waals surface area contributed by atoms with Crippen molar-refractivity contribution in [3.8, 4) is 0 Å². The summed E-state index contributed by atoms with van der Waals surface area (Å²) in [5.41, 5.74) is 5.48. The average Bonchev–Trinajstić information content (AvgIpc) is 2.33. The van der Waals surface area contributed by atoms with Crippen LogP contribution in [0.4, 0.5) is 10.1 Å². The zero-order valence-corrected chi connectivity index (χ0v) is 12.6. The number of nitrogens with one attached hydrogen (secondary N) is 1. The summed E-state index contributed by atoms with van der Waals surface area (Å²) < 4.78 is 38.9. The molecule has 3 N–H and O–H groups in total. The molecule has 6 nitrogen and oxygen atoms in total. The van der Waals surface area contributed by atoms with Crippen LogP contribution in [0.2, 0.25) is 5.02 Å². The molecule has 0 saturated heterocycles. The van der Waals surface area contributed by atoms with E-state index in [9.17, 15) is 17.6 Å². The predicted molar refractivity (Wildman–Crippen MR) is 74.3 cm³/mol. The Kier molecular flexibility index (Phi) is 5.32. The van der Waals surface area contributed by atoms with Gasteiger partial charge in [0.25, 0.3) is 0 Å². The molecule has 0 saturated carbocycles. The third kappa shape index (κ3) is 3.59. The Morgan fingerprint density at radius 2 is 2.10 bits per heavy atom. The van der Waals surface area contributed by atoms with Gasteiger partial charge in [-0.15, -0.1) is 0 Å². The van der Waals surface area contributed by atoms with Crippen molar-refractivity contribution in [2.45, 2.75) is 11.8 Å². The summed E-state index contributed by atoms with van der Waals surface area (Å²) in [6.07, 6.45) is 0. The first-order valence-electron chi connectivity index (χ1n) is 5.67. The number of hydrogen-bond acceptors (Lipinski definition) is 4. The molecule has 0 aromatic heterocycles. The number of benzene rings is 1. The normalized spacial score (nSPS) is 11.7. The maximum Gasteiger partial charge on any atom is 0.246 e. The molecule has 1 aromatic rings. The van der Waals surface area contributed by atoms with Crippen molar-refractivity contribution in [1.82, 2.24) is 9.62 Å². The van der Waals surface area contributed by atoms with Crippen molar-refractivity contribution in [1.29, 1.82) is 0 Å². The monoisotopic (exact) mass is 323 g/mol.